The number of ether oxygens (including phenoxy) is 2. The highest BCUT2D eigenvalue weighted by atomic mass is 35.5. The van der Waals surface area contributed by atoms with Crippen LogP contribution in [0.4, 0.5) is 0 Å². The van der Waals surface area contributed by atoms with Crippen molar-refractivity contribution in [2.75, 3.05) is 6.61 Å². The molecule has 0 radical (unpaired) electrons. The van der Waals surface area contributed by atoms with Crippen LogP contribution in [0.25, 0.3) is 0 Å². The molecule has 124 valence electrons. The summed E-state index contributed by atoms with van der Waals surface area (Å²) in [6.45, 7) is 8.39. The summed E-state index contributed by atoms with van der Waals surface area (Å²) in [5.74, 6) is 0.782. The number of carbonyl (C=O) groups is 1. The molecule has 0 saturated heterocycles. The first-order chi connectivity index (χ1) is 10.5. The lowest BCUT2D eigenvalue weighted by atomic mass is 10.0. The van der Waals surface area contributed by atoms with Gasteiger partial charge in [-0.3, -0.25) is 0 Å². The van der Waals surface area contributed by atoms with Crippen LogP contribution in [-0.4, -0.2) is 18.7 Å². The normalized spacial score (nSPS) is 13.5. The number of halogens is 1. The summed E-state index contributed by atoms with van der Waals surface area (Å²) in [5, 5.41) is 0.654. The summed E-state index contributed by atoms with van der Waals surface area (Å²) < 4.78 is 11.1. The number of benzene rings is 1. The van der Waals surface area contributed by atoms with Crippen molar-refractivity contribution in [3.05, 3.63) is 28.8 Å². The monoisotopic (exact) mass is 326 g/mol. The average molecular weight is 327 g/mol. The van der Waals surface area contributed by atoms with Crippen molar-refractivity contribution >= 4 is 17.6 Å². The minimum atomic E-state index is -0.622. The summed E-state index contributed by atoms with van der Waals surface area (Å²) in [7, 11) is 0. The Morgan fingerprint density at radius 3 is 2.64 bits per heavy atom. The molecule has 1 aromatic rings. The molecule has 0 aliphatic rings. The Labute approximate surface area is 139 Å². The third-order valence-electron chi connectivity index (χ3n) is 3.78. The predicted molar refractivity (Wildman–Crippen MR) is 90.5 cm³/mol. The number of rotatable bonds is 9. The molecule has 0 aromatic heterocycles. The molecular weight excluding hydrogens is 300 g/mol. The molecular formula is C18H27ClO3. The van der Waals surface area contributed by atoms with Crippen LogP contribution in [0.5, 0.6) is 5.75 Å². The lowest BCUT2D eigenvalue weighted by Gasteiger charge is -2.18. The van der Waals surface area contributed by atoms with E-state index in [0.29, 0.717) is 23.3 Å². The molecule has 0 amide bonds. The van der Waals surface area contributed by atoms with Gasteiger partial charge >= 0.3 is 5.97 Å². The molecule has 3 nitrogen and oxygen atoms in total. The highest BCUT2D eigenvalue weighted by Gasteiger charge is 2.19. The van der Waals surface area contributed by atoms with E-state index in [-0.39, 0.29) is 5.97 Å². The molecule has 0 aliphatic carbocycles. The largest absolute Gasteiger partial charge is 0.479 e. The summed E-state index contributed by atoms with van der Waals surface area (Å²) in [4.78, 5) is 12.0. The Balaban J connectivity index is 2.47. The van der Waals surface area contributed by atoms with Crippen molar-refractivity contribution in [1.82, 2.24) is 0 Å². The highest BCUT2D eigenvalue weighted by Crippen LogP contribution is 2.23. The maximum Gasteiger partial charge on any atom is 0.347 e. The second kappa shape index (κ2) is 9.73. The van der Waals surface area contributed by atoms with Crippen molar-refractivity contribution in [2.45, 2.75) is 59.5 Å². The van der Waals surface area contributed by atoms with Crippen LogP contribution in [0.15, 0.2) is 18.2 Å². The van der Waals surface area contributed by atoms with E-state index in [9.17, 15) is 4.79 Å². The Morgan fingerprint density at radius 2 is 2.05 bits per heavy atom. The Kier molecular flexibility index (Phi) is 8.32. The van der Waals surface area contributed by atoms with Crippen molar-refractivity contribution < 1.29 is 14.3 Å². The SMILES string of the molecule is CCCC[C@@H](CC)COC(=O)C(C)Oc1ccc(Cl)cc1C. The smallest absolute Gasteiger partial charge is 0.347 e. The zero-order valence-corrected chi connectivity index (χ0v) is 14.8. The highest BCUT2D eigenvalue weighted by molar-refractivity contribution is 6.30. The standard InChI is InChI=1S/C18H27ClO3/c1-5-7-8-15(6-2)12-21-18(20)14(4)22-17-10-9-16(19)11-13(17)3/h9-11,14-15H,5-8,12H2,1-4H3/t14?,15-/m1/s1. The first kappa shape index (κ1) is 18.8. The van der Waals surface area contributed by atoms with Gasteiger partial charge in [-0.05, 0) is 49.9 Å². The summed E-state index contributed by atoms with van der Waals surface area (Å²) in [6, 6.07) is 5.34. The van der Waals surface area contributed by atoms with E-state index in [4.69, 9.17) is 21.1 Å². The van der Waals surface area contributed by atoms with Crippen LogP contribution in [0.3, 0.4) is 0 Å². The number of hydrogen-bond donors (Lipinski definition) is 0. The molecule has 0 saturated carbocycles. The lowest BCUT2D eigenvalue weighted by Crippen LogP contribution is -2.28. The molecule has 0 N–H and O–H groups in total. The van der Waals surface area contributed by atoms with Crippen molar-refractivity contribution in [3.63, 3.8) is 0 Å². The number of hydrogen-bond acceptors (Lipinski definition) is 3. The van der Waals surface area contributed by atoms with Gasteiger partial charge in [0.1, 0.15) is 5.75 Å². The molecule has 1 aromatic carbocycles. The van der Waals surface area contributed by atoms with E-state index < -0.39 is 6.10 Å². The van der Waals surface area contributed by atoms with Gasteiger partial charge in [-0.1, -0.05) is 44.7 Å². The zero-order chi connectivity index (χ0) is 16.5. The molecule has 1 rings (SSSR count). The summed E-state index contributed by atoms with van der Waals surface area (Å²) in [5.41, 5.74) is 0.904. The van der Waals surface area contributed by atoms with Crippen LogP contribution in [0.2, 0.25) is 5.02 Å². The quantitative estimate of drug-likeness (QED) is 0.587. The van der Waals surface area contributed by atoms with Crippen molar-refractivity contribution in [3.8, 4) is 5.75 Å². The minimum Gasteiger partial charge on any atom is -0.479 e. The fourth-order valence-corrected chi connectivity index (χ4v) is 2.43. The molecule has 1 unspecified atom stereocenters. The molecule has 2 atom stereocenters. The van der Waals surface area contributed by atoms with Gasteiger partial charge in [0.25, 0.3) is 0 Å². The van der Waals surface area contributed by atoms with E-state index in [1.807, 2.05) is 13.0 Å². The first-order valence-electron chi connectivity index (χ1n) is 8.07. The van der Waals surface area contributed by atoms with E-state index in [1.54, 1.807) is 19.1 Å². The van der Waals surface area contributed by atoms with Crippen LogP contribution in [0.1, 0.15) is 52.0 Å². The van der Waals surface area contributed by atoms with Gasteiger partial charge in [0.2, 0.25) is 0 Å². The molecule has 4 heteroatoms. The maximum absolute atomic E-state index is 12.0. The third kappa shape index (κ3) is 6.27. The first-order valence-corrected chi connectivity index (χ1v) is 8.45. The minimum absolute atomic E-state index is 0.315. The molecule has 22 heavy (non-hydrogen) atoms. The van der Waals surface area contributed by atoms with Gasteiger partial charge in [0.05, 0.1) is 6.61 Å². The van der Waals surface area contributed by atoms with Crippen LogP contribution < -0.4 is 4.74 Å². The van der Waals surface area contributed by atoms with E-state index in [1.165, 1.54) is 12.8 Å². The second-order valence-corrected chi connectivity index (χ2v) is 6.15. The van der Waals surface area contributed by atoms with Crippen LogP contribution in [0, 0.1) is 12.8 Å². The Bertz CT molecular complexity index is 473. The maximum atomic E-state index is 12.0. The molecule has 0 heterocycles. The van der Waals surface area contributed by atoms with Crippen molar-refractivity contribution in [2.24, 2.45) is 5.92 Å². The fraction of sp³-hybridized carbons (Fsp3) is 0.611. The van der Waals surface area contributed by atoms with Crippen molar-refractivity contribution in [1.29, 1.82) is 0 Å². The Morgan fingerprint density at radius 1 is 1.32 bits per heavy atom. The lowest BCUT2D eigenvalue weighted by molar-refractivity contribution is -0.152. The van der Waals surface area contributed by atoms with Gasteiger partial charge in [-0.2, -0.15) is 0 Å². The van der Waals surface area contributed by atoms with Gasteiger partial charge in [0.15, 0.2) is 6.10 Å². The van der Waals surface area contributed by atoms with E-state index in [0.717, 1.165) is 18.4 Å². The fourth-order valence-electron chi connectivity index (χ4n) is 2.20. The average Bonchev–Trinajstić information content (AvgIpc) is 2.49. The molecule has 0 fully saturated rings. The summed E-state index contributed by atoms with van der Waals surface area (Å²) in [6.07, 6.45) is 3.85. The number of unbranched alkanes of at least 4 members (excludes halogenated alkanes) is 1. The predicted octanol–water partition coefficient (Wildman–Crippen LogP) is 5.18. The van der Waals surface area contributed by atoms with Crippen LogP contribution in [-0.2, 0) is 9.53 Å². The molecule has 0 spiro atoms. The van der Waals surface area contributed by atoms with E-state index >= 15 is 0 Å². The van der Waals surface area contributed by atoms with E-state index in [2.05, 4.69) is 13.8 Å². The number of carbonyl (C=O) groups excluding carboxylic acids is 1. The molecule has 0 bridgehead atoms. The van der Waals surface area contributed by atoms with Gasteiger partial charge in [0, 0.05) is 5.02 Å². The van der Waals surface area contributed by atoms with Crippen LogP contribution >= 0.6 is 11.6 Å². The summed E-state index contributed by atoms with van der Waals surface area (Å²) >= 11 is 5.91. The van der Waals surface area contributed by atoms with Gasteiger partial charge < -0.3 is 9.47 Å². The molecule has 0 aliphatic heterocycles. The number of aryl methyl sites for hydroxylation is 1. The third-order valence-corrected chi connectivity index (χ3v) is 4.01. The number of esters is 1. The van der Waals surface area contributed by atoms with Gasteiger partial charge in [-0.25, -0.2) is 4.79 Å². The second-order valence-electron chi connectivity index (χ2n) is 5.72. The topological polar surface area (TPSA) is 35.5 Å². The Hall–Kier alpha value is -1.22. The van der Waals surface area contributed by atoms with Gasteiger partial charge in [-0.15, -0.1) is 0 Å². The zero-order valence-electron chi connectivity index (χ0n) is 14.0.